The lowest BCUT2D eigenvalue weighted by molar-refractivity contribution is 0.0942. The van der Waals surface area contributed by atoms with Crippen LogP contribution in [-0.4, -0.2) is 30.1 Å². The predicted octanol–water partition coefficient (Wildman–Crippen LogP) is 3.31. The molecule has 0 bridgehead atoms. The number of rotatable bonds is 5. The monoisotopic (exact) mass is 338 g/mol. The summed E-state index contributed by atoms with van der Waals surface area (Å²) in [6, 6.07) is 15.7. The zero-order valence-corrected chi connectivity index (χ0v) is 14.9. The number of carbonyl (C=O) groups is 1. The Kier molecular flexibility index (Phi) is 5.39. The van der Waals surface area contributed by atoms with Gasteiger partial charge in [-0.25, -0.2) is 0 Å². The van der Waals surface area contributed by atoms with Crippen molar-refractivity contribution in [2.45, 2.75) is 38.8 Å². The first-order chi connectivity index (χ1) is 12.1. The molecule has 2 aromatic rings. The van der Waals surface area contributed by atoms with Crippen LogP contribution in [0.2, 0.25) is 0 Å². The van der Waals surface area contributed by atoms with Crippen LogP contribution in [0, 0.1) is 0 Å². The highest BCUT2D eigenvalue weighted by atomic mass is 16.3. The maximum absolute atomic E-state index is 12.5. The van der Waals surface area contributed by atoms with E-state index in [1.807, 2.05) is 56.3 Å². The van der Waals surface area contributed by atoms with Gasteiger partial charge in [-0.15, -0.1) is 0 Å². The molecule has 0 radical (unpaired) electrons. The molecule has 4 nitrogen and oxygen atoms in total. The quantitative estimate of drug-likeness (QED) is 0.879. The molecule has 132 valence electrons. The maximum atomic E-state index is 12.5. The van der Waals surface area contributed by atoms with Gasteiger partial charge in [-0.2, -0.15) is 0 Å². The molecule has 1 heterocycles. The molecule has 0 spiro atoms. The van der Waals surface area contributed by atoms with Crippen LogP contribution in [0.15, 0.2) is 48.5 Å². The number of carbonyl (C=O) groups excluding carboxylic acids is 1. The number of aliphatic hydroxyl groups is 1. The first kappa shape index (κ1) is 17.5. The number of aliphatic hydroxyl groups excluding tert-OH is 1. The van der Waals surface area contributed by atoms with E-state index in [4.69, 9.17) is 0 Å². The summed E-state index contributed by atoms with van der Waals surface area (Å²) in [5, 5.41) is 13.6. The van der Waals surface area contributed by atoms with Crippen LogP contribution < -0.4 is 10.2 Å². The third kappa shape index (κ3) is 4.02. The van der Waals surface area contributed by atoms with E-state index in [1.165, 1.54) is 0 Å². The zero-order valence-electron chi connectivity index (χ0n) is 14.9. The SMILES string of the molecule is CC(C)NC(=O)c1cccc2c1CCCN2C[C@H](O)c1ccccc1. The fourth-order valence-electron chi connectivity index (χ4n) is 3.43. The van der Waals surface area contributed by atoms with Gasteiger partial charge in [0.2, 0.25) is 0 Å². The Balaban J connectivity index is 1.83. The molecular weight excluding hydrogens is 312 g/mol. The average molecular weight is 338 g/mol. The van der Waals surface area contributed by atoms with E-state index in [0.717, 1.165) is 41.8 Å². The fourth-order valence-corrected chi connectivity index (χ4v) is 3.43. The number of hydrogen-bond acceptors (Lipinski definition) is 3. The van der Waals surface area contributed by atoms with E-state index in [0.29, 0.717) is 6.54 Å². The minimum atomic E-state index is -0.541. The van der Waals surface area contributed by atoms with Gasteiger partial charge >= 0.3 is 0 Å². The predicted molar refractivity (Wildman–Crippen MR) is 101 cm³/mol. The summed E-state index contributed by atoms with van der Waals surface area (Å²) >= 11 is 0. The van der Waals surface area contributed by atoms with Gasteiger partial charge in [-0.05, 0) is 49.9 Å². The van der Waals surface area contributed by atoms with E-state index in [1.54, 1.807) is 0 Å². The van der Waals surface area contributed by atoms with Crippen molar-refractivity contribution in [2.75, 3.05) is 18.0 Å². The normalized spacial score (nSPS) is 15.0. The van der Waals surface area contributed by atoms with Gasteiger partial charge in [0.05, 0.1) is 6.10 Å². The van der Waals surface area contributed by atoms with Crippen molar-refractivity contribution in [3.63, 3.8) is 0 Å². The van der Waals surface area contributed by atoms with Crippen LogP contribution in [0.1, 0.15) is 47.9 Å². The lowest BCUT2D eigenvalue weighted by Gasteiger charge is -2.34. The number of β-amino-alcohol motifs (C(OH)–C–C–N with tert-alkyl or cyclic N) is 1. The second kappa shape index (κ2) is 7.70. The Morgan fingerprint density at radius 2 is 1.92 bits per heavy atom. The number of amides is 1. The van der Waals surface area contributed by atoms with Gasteiger partial charge in [0.15, 0.2) is 0 Å². The molecule has 25 heavy (non-hydrogen) atoms. The van der Waals surface area contributed by atoms with Crippen LogP contribution in [0.5, 0.6) is 0 Å². The van der Waals surface area contributed by atoms with Crippen LogP contribution >= 0.6 is 0 Å². The molecule has 0 saturated carbocycles. The Bertz CT molecular complexity index is 728. The highest BCUT2D eigenvalue weighted by Gasteiger charge is 2.24. The molecule has 0 fully saturated rings. The molecule has 0 unspecified atom stereocenters. The highest BCUT2D eigenvalue weighted by Crippen LogP contribution is 2.31. The molecule has 0 saturated heterocycles. The third-order valence-corrected chi connectivity index (χ3v) is 4.59. The number of fused-ring (bicyclic) bond motifs is 1. The van der Waals surface area contributed by atoms with Gasteiger partial charge < -0.3 is 15.3 Å². The summed E-state index contributed by atoms with van der Waals surface area (Å²) in [6.07, 6.45) is 1.34. The highest BCUT2D eigenvalue weighted by molar-refractivity contribution is 5.97. The molecule has 1 atom stereocenters. The number of nitrogens with one attached hydrogen (secondary N) is 1. The summed E-state index contributed by atoms with van der Waals surface area (Å²) in [7, 11) is 0. The Labute approximate surface area is 149 Å². The molecular formula is C21H26N2O2. The second-order valence-electron chi connectivity index (χ2n) is 6.91. The van der Waals surface area contributed by atoms with Crippen molar-refractivity contribution in [1.29, 1.82) is 0 Å². The first-order valence-electron chi connectivity index (χ1n) is 8.97. The molecule has 0 aliphatic carbocycles. The Morgan fingerprint density at radius 3 is 2.64 bits per heavy atom. The Morgan fingerprint density at radius 1 is 1.16 bits per heavy atom. The van der Waals surface area contributed by atoms with Crippen LogP contribution in [0.3, 0.4) is 0 Å². The lowest BCUT2D eigenvalue weighted by atomic mass is 9.95. The van der Waals surface area contributed by atoms with Crippen molar-refractivity contribution >= 4 is 11.6 Å². The zero-order chi connectivity index (χ0) is 17.8. The van der Waals surface area contributed by atoms with Crippen molar-refractivity contribution in [3.05, 3.63) is 65.2 Å². The van der Waals surface area contributed by atoms with E-state index in [-0.39, 0.29) is 11.9 Å². The van der Waals surface area contributed by atoms with Gasteiger partial charge in [0, 0.05) is 30.4 Å². The first-order valence-corrected chi connectivity index (χ1v) is 8.97. The van der Waals surface area contributed by atoms with Gasteiger partial charge in [-0.1, -0.05) is 36.4 Å². The van der Waals surface area contributed by atoms with E-state index >= 15 is 0 Å². The molecule has 2 aromatic carbocycles. The molecule has 1 aliphatic heterocycles. The minimum absolute atomic E-state index is 0.0164. The number of hydrogen-bond donors (Lipinski definition) is 2. The molecule has 1 aliphatic rings. The van der Waals surface area contributed by atoms with E-state index in [9.17, 15) is 9.90 Å². The second-order valence-corrected chi connectivity index (χ2v) is 6.91. The minimum Gasteiger partial charge on any atom is -0.387 e. The largest absolute Gasteiger partial charge is 0.387 e. The molecule has 3 rings (SSSR count). The summed E-state index contributed by atoms with van der Waals surface area (Å²) in [6.45, 7) is 5.37. The summed E-state index contributed by atoms with van der Waals surface area (Å²) in [5.41, 5.74) is 3.83. The maximum Gasteiger partial charge on any atom is 0.251 e. The van der Waals surface area contributed by atoms with Gasteiger partial charge in [-0.3, -0.25) is 4.79 Å². The average Bonchev–Trinajstić information content (AvgIpc) is 2.61. The van der Waals surface area contributed by atoms with Crippen LogP contribution in [-0.2, 0) is 6.42 Å². The van der Waals surface area contributed by atoms with Crippen molar-refractivity contribution in [1.82, 2.24) is 5.32 Å². The van der Waals surface area contributed by atoms with E-state index < -0.39 is 6.10 Å². The molecule has 1 amide bonds. The van der Waals surface area contributed by atoms with E-state index in [2.05, 4.69) is 16.3 Å². The van der Waals surface area contributed by atoms with Crippen molar-refractivity contribution in [3.8, 4) is 0 Å². The summed E-state index contributed by atoms with van der Waals surface area (Å²) < 4.78 is 0. The van der Waals surface area contributed by atoms with Crippen LogP contribution in [0.4, 0.5) is 5.69 Å². The van der Waals surface area contributed by atoms with Gasteiger partial charge in [0.25, 0.3) is 5.91 Å². The number of benzene rings is 2. The smallest absolute Gasteiger partial charge is 0.251 e. The van der Waals surface area contributed by atoms with Crippen molar-refractivity contribution < 1.29 is 9.90 Å². The third-order valence-electron chi connectivity index (χ3n) is 4.59. The Hall–Kier alpha value is -2.33. The van der Waals surface area contributed by atoms with Crippen molar-refractivity contribution in [2.24, 2.45) is 0 Å². The summed E-state index contributed by atoms with van der Waals surface area (Å²) in [5.74, 6) is -0.0164. The van der Waals surface area contributed by atoms with Gasteiger partial charge in [0.1, 0.15) is 0 Å². The molecule has 4 heteroatoms. The summed E-state index contributed by atoms with van der Waals surface area (Å²) in [4.78, 5) is 14.7. The molecule has 0 aromatic heterocycles. The fraction of sp³-hybridized carbons (Fsp3) is 0.381. The standard InChI is InChI=1S/C21H26N2O2/c1-15(2)22-21(25)18-10-6-12-19-17(18)11-7-13-23(19)14-20(24)16-8-4-3-5-9-16/h3-6,8-10,12,15,20,24H,7,11,13-14H2,1-2H3,(H,22,25)/t20-/m0/s1. The lowest BCUT2D eigenvalue weighted by Crippen LogP contribution is -2.36. The number of anilines is 1. The number of nitrogens with zero attached hydrogens (tertiary/aromatic N) is 1. The topological polar surface area (TPSA) is 52.6 Å². The molecule has 2 N–H and O–H groups in total. The van der Waals surface area contributed by atoms with Crippen LogP contribution in [0.25, 0.3) is 0 Å².